The fourth-order valence-electron chi connectivity index (χ4n) is 1.58. The Balaban J connectivity index is 2.60. The Kier molecular flexibility index (Phi) is 5.78. The van der Waals surface area contributed by atoms with Crippen molar-refractivity contribution in [3.63, 3.8) is 0 Å². The summed E-state index contributed by atoms with van der Waals surface area (Å²) in [6, 6.07) is 0.191. The van der Waals surface area contributed by atoms with Gasteiger partial charge in [-0.3, -0.25) is 11.3 Å². The first-order chi connectivity index (χ1) is 7.19. The van der Waals surface area contributed by atoms with Crippen molar-refractivity contribution in [1.29, 1.82) is 0 Å². The van der Waals surface area contributed by atoms with E-state index in [9.17, 15) is 0 Å². The molecule has 0 aromatic carbocycles. The zero-order valence-electron chi connectivity index (χ0n) is 9.00. The summed E-state index contributed by atoms with van der Waals surface area (Å²) in [4.78, 5) is 0. The van der Waals surface area contributed by atoms with Gasteiger partial charge in [-0.1, -0.05) is 6.92 Å². The Morgan fingerprint density at radius 3 is 2.80 bits per heavy atom. The number of ether oxygens (including phenoxy) is 1. The van der Waals surface area contributed by atoms with Gasteiger partial charge in [-0.15, -0.1) is 0 Å². The molecule has 86 valence electrons. The molecule has 0 amide bonds. The second-order valence-corrected chi connectivity index (χ2v) is 5.29. The van der Waals surface area contributed by atoms with E-state index in [4.69, 9.17) is 10.6 Å². The van der Waals surface area contributed by atoms with Crippen molar-refractivity contribution in [2.45, 2.75) is 19.4 Å². The third-order valence-electron chi connectivity index (χ3n) is 2.31. The molecule has 0 spiro atoms. The molecule has 1 rings (SSSR count). The van der Waals surface area contributed by atoms with Crippen LogP contribution in [0.4, 0.5) is 0 Å². The molecular weight excluding hydrogens is 276 g/mol. The average Bonchev–Trinajstić information content (AvgIpc) is 2.61. The smallest absolute Gasteiger partial charge is 0.0488 e. The number of rotatable bonds is 6. The lowest BCUT2D eigenvalue weighted by molar-refractivity contribution is 0.149. The molecule has 0 aliphatic carbocycles. The molecule has 5 heteroatoms. The standard InChI is InChI=1S/C10H17BrN2OS/c1-7(4-14-2)3-10(13-12)8-5-15-6-9(8)11/h5-7,10,13H,3-4,12H2,1-2H3. The van der Waals surface area contributed by atoms with Crippen LogP contribution >= 0.6 is 27.3 Å². The maximum Gasteiger partial charge on any atom is 0.0488 e. The van der Waals surface area contributed by atoms with Crippen LogP contribution < -0.4 is 11.3 Å². The molecule has 0 aliphatic rings. The first-order valence-electron chi connectivity index (χ1n) is 4.85. The molecule has 0 aliphatic heterocycles. The van der Waals surface area contributed by atoms with Crippen LogP contribution in [0, 0.1) is 5.92 Å². The third kappa shape index (κ3) is 3.85. The van der Waals surface area contributed by atoms with E-state index in [2.05, 4.69) is 39.0 Å². The molecule has 3 nitrogen and oxygen atoms in total. The van der Waals surface area contributed by atoms with E-state index in [0.29, 0.717) is 5.92 Å². The lowest BCUT2D eigenvalue weighted by Gasteiger charge is -2.19. The molecule has 0 saturated heterocycles. The summed E-state index contributed by atoms with van der Waals surface area (Å²) < 4.78 is 6.24. The second-order valence-electron chi connectivity index (χ2n) is 3.69. The van der Waals surface area contributed by atoms with E-state index in [0.717, 1.165) is 17.5 Å². The molecule has 0 bridgehead atoms. The van der Waals surface area contributed by atoms with Crippen LogP contribution in [0.2, 0.25) is 0 Å². The quantitative estimate of drug-likeness (QED) is 0.626. The summed E-state index contributed by atoms with van der Waals surface area (Å²) in [5, 5.41) is 4.19. The Hall–Kier alpha value is 0.0600. The largest absolute Gasteiger partial charge is 0.384 e. The van der Waals surface area contributed by atoms with Gasteiger partial charge in [0, 0.05) is 29.6 Å². The Labute approximate surface area is 103 Å². The minimum absolute atomic E-state index is 0.191. The SMILES string of the molecule is COCC(C)CC(NN)c1cscc1Br. The van der Waals surface area contributed by atoms with E-state index in [-0.39, 0.29) is 6.04 Å². The molecule has 0 saturated carbocycles. The molecule has 0 fully saturated rings. The van der Waals surface area contributed by atoms with Gasteiger partial charge in [-0.05, 0) is 39.2 Å². The first-order valence-corrected chi connectivity index (χ1v) is 6.59. The lowest BCUT2D eigenvalue weighted by Crippen LogP contribution is -2.30. The highest BCUT2D eigenvalue weighted by molar-refractivity contribution is 9.10. The van der Waals surface area contributed by atoms with Crippen molar-refractivity contribution >= 4 is 27.3 Å². The predicted octanol–water partition coefficient (Wildman–Crippen LogP) is 2.69. The van der Waals surface area contributed by atoms with Crippen molar-refractivity contribution in [2.24, 2.45) is 11.8 Å². The molecule has 2 unspecified atom stereocenters. The van der Waals surface area contributed by atoms with Gasteiger partial charge in [-0.25, -0.2) is 0 Å². The maximum absolute atomic E-state index is 5.57. The number of halogens is 1. The number of methoxy groups -OCH3 is 1. The zero-order valence-corrected chi connectivity index (χ0v) is 11.4. The highest BCUT2D eigenvalue weighted by Gasteiger charge is 2.16. The molecule has 1 heterocycles. The molecule has 2 atom stereocenters. The first kappa shape index (κ1) is 13.1. The van der Waals surface area contributed by atoms with Gasteiger partial charge in [-0.2, -0.15) is 11.3 Å². The van der Waals surface area contributed by atoms with Gasteiger partial charge in [0.05, 0.1) is 0 Å². The van der Waals surface area contributed by atoms with Crippen LogP contribution in [-0.4, -0.2) is 13.7 Å². The van der Waals surface area contributed by atoms with Crippen LogP contribution in [0.5, 0.6) is 0 Å². The van der Waals surface area contributed by atoms with Crippen LogP contribution in [0.15, 0.2) is 15.2 Å². The summed E-state index contributed by atoms with van der Waals surface area (Å²) in [5.74, 6) is 6.06. The molecule has 15 heavy (non-hydrogen) atoms. The Morgan fingerprint density at radius 1 is 1.60 bits per heavy atom. The molecular formula is C10H17BrN2OS. The van der Waals surface area contributed by atoms with Crippen molar-refractivity contribution < 1.29 is 4.74 Å². The monoisotopic (exact) mass is 292 g/mol. The molecule has 0 radical (unpaired) electrons. The topological polar surface area (TPSA) is 47.3 Å². The van der Waals surface area contributed by atoms with E-state index in [1.807, 2.05) is 0 Å². The second kappa shape index (κ2) is 6.60. The number of hydrazine groups is 1. The van der Waals surface area contributed by atoms with Crippen LogP contribution in [0.3, 0.4) is 0 Å². The highest BCUT2D eigenvalue weighted by Crippen LogP contribution is 2.30. The summed E-state index contributed by atoms with van der Waals surface area (Å²) in [7, 11) is 1.72. The van der Waals surface area contributed by atoms with Crippen molar-refractivity contribution in [2.75, 3.05) is 13.7 Å². The van der Waals surface area contributed by atoms with Gasteiger partial charge < -0.3 is 4.74 Å². The fourth-order valence-corrected chi connectivity index (χ4v) is 3.21. The van der Waals surface area contributed by atoms with Gasteiger partial charge in [0.1, 0.15) is 0 Å². The normalized spacial score (nSPS) is 15.2. The van der Waals surface area contributed by atoms with Gasteiger partial charge in [0.2, 0.25) is 0 Å². The average molecular weight is 293 g/mol. The molecule has 1 aromatic rings. The zero-order chi connectivity index (χ0) is 11.3. The number of nitrogens with one attached hydrogen (secondary N) is 1. The van der Waals surface area contributed by atoms with Gasteiger partial charge in [0.15, 0.2) is 0 Å². The van der Waals surface area contributed by atoms with Crippen LogP contribution in [0.25, 0.3) is 0 Å². The van der Waals surface area contributed by atoms with E-state index in [1.165, 1.54) is 5.56 Å². The number of nitrogens with two attached hydrogens (primary N) is 1. The maximum atomic E-state index is 5.57. The van der Waals surface area contributed by atoms with Crippen molar-refractivity contribution in [1.82, 2.24) is 5.43 Å². The minimum Gasteiger partial charge on any atom is -0.384 e. The minimum atomic E-state index is 0.191. The van der Waals surface area contributed by atoms with E-state index < -0.39 is 0 Å². The lowest BCUT2D eigenvalue weighted by atomic mass is 9.99. The number of hydrogen-bond donors (Lipinski definition) is 2. The van der Waals surface area contributed by atoms with Gasteiger partial charge in [0.25, 0.3) is 0 Å². The van der Waals surface area contributed by atoms with Crippen LogP contribution in [0.1, 0.15) is 24.9 Å². The third-order valence-corrected chi connectivity index (χ3v) is 4.06. The van der Waals surface area contributed by atoms with Gasteiger partial charge >= 0.3 is 0 Å². The highest BCUT2D eigenvalue weighted by atomic mass is 79.9. The number of thiophene rings is 1. The summed E-state index contributed by atoms with van der Waals surface area (Å²) in [6.07, 6.45) is 0.972. The van der Waals surface area contributed by atoms with Crippen molar-refractivity contribution in [3.05, 3.63) is 20.8 Å². The molecule has 1 aromatic heterocycles. The van der Waals surface area contributed by atoms with E-state index >= 15 is 0 Å². The summed E-state index contributed by atoms with van der Waals surface area (Å²) in [5.41, 5.74) is 4.08. The summed E-state index contributed by atoms with van der Waals surface area (Å²) >= 11 is 5.20. The van der Waals surface area contributed by atoms with Crippen molar-refractivity contribution in [3.8, 4) is 0 Å². The predicted molar refractivity (Wildman–Crippen MR) is 67.7 cm³/mol. The molecule has 3 N–H and O–H groups in total. The Morgan fingerprint density at radius 2 is 2.33 bits per heavy atom. The Bertz CT molecular complexity index is 293. The van der Waals surface area contributed by atoms with E-state index in [1.54, 1.807) is 18.4 Å². The van der Waals surface area contributed by atoms with Crippen LogP contribution in [-0.2, 0) is 4.74 Å². The summed E-state index contributed by atoms with van der Waals surface area (Å²) in [6.45, 7) is 2.92. The fraction of sp³-hybridized carbons (Fsp3) is 0.600. The number of hydrogen-bond acceptors (Lipinski definition) is 4.